The molecule has 4 rings (SSSR count). The summed E-state index contributed by atoms with van der Waals surface area (Å²) in [5.74, 6) is 0.688. The van der Waals surface area contributed by atoms with Crippen LogP contribution in [0.2, 0.25) is 0 Å². The van der Waals surface area contributed by atoms with Gasteiger partial charge in [-0.05, 0) is 49.6 Å². The van der Waals surface area contributed by atoms with Crippen molar-refractivity contribution in [2.75, 3.05) is 17.7 Å². The first-order valence-corrected chi connectivity index (χ1v) is 11.8. The molecule has 0 aliphatic rings. The average molecular weight is 467 g/mol. The molecule has 7 nitrogen and oxygen atoms in total. The normalized spacial score (nSPS) is 11.0. The first-order chi connectivity index (χ1) is 15.5. The van der Waals surface area contributed by atoms with Gasteiger partial charge in [0, 0.05) is 18.3 Å². The van der Waals surface area contributed by atoms with Gasteiger partial charge in [-0.2, -0.15) is 4.37 Å². The lowest BCUT2D eigenvalue weighted by Crippen LogP contribution is -2.20. The van der Waals surface area contributed by atoms with Gasteiger partial charge in [-0.15, -0.1) is 0 Å². The molecule has 0 aliphatic heterocycles. The van der Waals surface area contributed by atoms with Crippen LogP contribution in [0, 0.1) is 6.92 Å². The molecule has 1 amide bonds. The number of thioether (sulfide) groups is 1. The Labute approximate surface area is 193 Å². The largest absolute Gasteiger partial charge is 0.494 e. The number of rotatable bonds is 7. The van der Waals surface area contributed by atoms with Gasteiger partial charge in [-0.3, -0.25) is 14.2 Å². The van der Waals surface area contributed by atoms with Crippen molar-refractivity contribution in [1.29, 1.82) is 0 Å². The Kier molecular flexibility index (Phi) is 6.57. The minimum absolute atomic E-state index is 0.121. The maximum Gasteiger partial charge on any atom is 0.273 e. The van der Waals surface area contributed by atoms with Gasteiger partial charge in [-0.25, -0.2) is 4.98 Å². The van der Waals surface area contributed by atoms with Gasteiger partial charge in [0.15, 0.2) is 5.16 Å². The summed E-state index contributed by atoms with van der Waals surface area (Å²) in [6.07, 6.45) is 0. The van der Waals surface area contributed by atoms with Crippen LogP contribution in [0.3, 0.4) is 0 Å². The predicted molar refractivity (Wildman–Crippen MR) is 130 cm³/mol. The maximum absolute atomic E-state index is 12.8. The van der Waals surface area contributed by atoms with Gasteiger partial charge in [-0.1, -0.05) is 41.6 Å². The summed E-state index contributed by atoms with van der Waals surface area (Å²) in [7, 11) is 1.66. The molecule has 0 atom stereocenters. The van der Waals surface area contributed by atoms with E-state index in [1.165, 1.54) is 16.3 Å². The van der Waals surface area contributed by atoms with E-state index in [9.17, 15) is 9.59 Å². The second kappa shape index (κ2) is 9.54. The van der Waals surface area contributed by atoms with Gasteiger partial charge < -0.3 is 10.1 Å². The fraction of sp³-hybridized carbons (Fsp3) is 0.217. The Hall–Kier alpha value is -3.17. The second-order valence-corrected chi connectivity index (χ2v) is 8.84. The maximum atomic E-state index is 12.8. The molecule has 0 bridgehead atoms. The van der Waals surface area contributed by atoms with E-state index in [2.05, 4.69) is 14.7 Å². The highest BCUT2D eigenvalue weighted by atomic mass is 32.2. The van der Waals surface area contributed by atoms with Crippen LogP contribution in [0.15, 0.2) is 58.5 Å². The number of hydrogen-bond donors (Lipinski definition) is 1. The number of ether oxygens (including phenoxy) is 1. The van der Waals surface area contributed by atoms with Crippen LogP contribution in [0.25, 0.3) is 21.5 Å². The van der Waals surface area contributed by atoms with Crippen LogP contribution < -0.4 is 15.6 Å². The molecule has 2 aromatic heterocycles. The number of anilines is 1. The molecule has 1 N–H and O–H groups in total. The summed E-state index contributed by atoms with van der Waals surface area (Å²) in [6.45, 7) is 4.52. The number of amides is 1. The van der Waals surface area contributed by atoms with E-state index in [1.807, 2.05) is 50.2 Å². The molecule has 32 heavy (non-hydrogen) atoms. The molecule has 0 spiro atoms. The zero-order valence-corrected chi connectivity index (χ0v) is 19.5. The van der Waals surface area contributed by atoms with Crippen LogP contribution in [-0.4, -0.2) is 32.2 Å². The minimum atomic E-state index is -0.185. The first kappa shape index (κ1) is 22.0. The number of hydrogen-bond acceptors (Lipinski definition) is 7. The molecule has 2 aromatic carbocycles. The Morgan fingerprint density at radius 2 is 1.88 bits per heavy atom. The Balaban J connectivity index is 1.53. The summed E-state index contributed by atoms with van der Waals surface area (Å²) in [6, 6.07) is 15.1. The summed E-state index contributed by atoms with van der Waals surface area (Å²) < 4.78 is 11.9. The summed E-state index contributed by atoms with van der Waals surface area (Å²) >= 11 is 2.36. The van der Waals surface area contributed by atoms with Crippen molar-refractivity contribution in [1.82, 2.24) is 13.9 Å². The topological polar surface area (TPSA) is 86.1 Å². The van der Waals surface area contributed by atoms with Crippen molar-refractivity contribution in [3.8, 4) is 17.0 Å². The lowest BCUT2D eigenvalue weighted by molar-refractivity contribution is -0.113. The average Bonchev–Trinajstić information content (AvgIpc) is 3.21. The smallest absolute Gasteiger partial charge is 0.273 e. The number of aromatic nitrogens is 3. The Bertz CT molecular complexity index is 1310. The third kappa shape index (κ3) is 4.68. The zero-order valence-electron chi connectivity index (χ0n) is 17.9. The van der Waals surface area contributed by atoms with Gasteiger partial charge in [0.25, 0.3) is 5.56 Å². The molecule has 0 radical (unpaired) electrons. The summed E-state index contributed by atoms with van der Waals surface area (Å²) in [5.41, 5.74) is 3.82. The molecule has 0 unspecified atom stereocenters. The lowest BCUT2D eigenvalue weighted by atomic mass is 10.1. The Morgan fingerprint density at radius 1 is 1.16 bits per heavy atom. The third-order valence-electron chi connectivity index (χ3n) is 4.77. The number of carbonyl (C=O) groups excluding carboxylic acids is 1. The van der Waals surface area contributed by atoms with E-state index in [4.69, 9.17) is 4.74 Å². The number of fused-ring (bicyclic) bond motifs is 1. The van der Waals surface area contributed by atoms with E-state index >= 15 is 0 Å². The van der Waals surface area contributed by atoms with Crippen molar-refractivity contribution in [2.24, 2.45) is 7.05 Å². The van der Waals surface area contributed by atoms with E-state index in [1.54, 1.807) is 19.2 Å². The highest BCUT2D eigenvalue weighted by molar-refractivity contribution is 7.99. The standard InChI is InChI=1S/C23H22N4O3S2/c1-4-30-17-11-9-16(10-12-17)24-18(28)13-31-23-25-20-19(15-7-5-14(2)6-8-15)26-32-21(20)22(29)27(23)3/h5-12H,4,13H2,1-3H3,(H,24,28). The van der Waals surface area contributed by atoms with Crippen molar-refractivity contribution >= 4 is 45.1 Å². The highest BCUT2D eigenvalue weighted by Crippen LogP contribution is 2.29. The minimum Gasteiger partial charge on any atom is -0.494 e. The predicted octanol–water partition coefficient (Wildman–Crippen LogP) is 4.49. The number of nitrogens with zero attached hydrogens (tertiary/aromatic N) is 3. The quantitative estimate of drug-likeness (QED) is 0.319. The molecular formula is C23H22N4O3S2. The van der Waals surface area contributed by atoms with Crippen LogP contribution in [-0.2, 0) is 11.8 Å². The lowest BCUT2D eigenvalue weighted by Gasteiger charge is -2.09. The third-order valence-corrected chi connectivity index (χ3v) is 6.62. The van der Waals surface area contributed by atoms with Gasteiger partial charge in [0.1, 0.15) is 21.7 Å². The summed E-state index contributed by atoms with van der Waals surface area (Å²) in [4.78, 5) is 30.0. The molecule has 0 saturated carbocycles. The summed E-state index contributed by atoms with van der Waals surface area (Å²) in [5, 5.41) is 3.32. The molecule has 9 heteroatoms. The monoisotopic (exact) mass is 466 g/mol. The highest BCUT2D eigenvalue weighted by Gasteiger charge is 2.17. The zero-order chi connectivity index (χ0) is 22.7. The molecule has 0 fully saturated rings. The van der Waals surface area contributed by atoms with Crippen molar-refractivity contribution in [3.05, 3.63) is 64.4 Å². The van der Waals surface area contributed by atoms with E-state index in [-0.39, 0.29) is 17.2 Å². The van der Waals surface area contributed by atoms with Crippen LogP contribution >= 0.6 is 23.3 Å². The van der Waals surface area contributed by atoms with Gasteiger partial charge in [0.2, 0.25) is 5.91 Å². The molecule has 164 valence electrons. The number of nitrogens with one attached hydrogen (secondary N) is 1. The van der Waals surface area contributed by atoms with Crippen molar-refractivity contribution in [3.63, 3.8) is 0 Å². The van der Waals surface area contributed by atoms with E-state index in [0.29, 0.717) is 33.4 Å². The molecule has 4 aromatic rings. The molecule has 2 heterocycles. The van der Waals surface area contributed by atoms with Crippen LogP contribution in [0.1, 0.15) is 12.5 Å². The fourth-order valence-corrected chi connectivity index (χ4v) is 4.68. The van der Waals surface area contributed by atoms with Crippen molar-refractivity contribution in [2.45, 2.75) is 19.0 Å². The molecule has 0 saturated heterocycles. The van der Waals surface area contributed by atoms with Crippen molar-refractivity contribution < 1.29 is 9.53 Å². The number of aryl methyl sites for hydroxylation is 1. The molecular weight excluding hydrogens is 444 g/mol. The number of benzene rings is 2. The molecule has 0 aliphatic carbocycles. The second-order valence-electron chi connectivity index (χ2n) is 7.13. The SMILES string of the molecule is CCOc1ccc(NC(=O)CSc2nc3c(-c4ccc(C)cc4)nsc3c(=O)n2C)cc1. The van der Waals surface area contributed by atoms with Gasteiger partial charge >= 0.3 is 0 Å². The first-order valence-electron chi connectivity index (χ1n) is 10.0. The van der Waals surface area contributed by atoms with E-state index < -0.39 is 0 Å². The number of carbonyl (C=O) groups is 1. The van der Waals surface area contributed by atoms with Crippen LogP contribution in [0.4, 0.5) is 5.69 Å². The van der Waals surface area contributed by atoms with Gasteiger partial charge in [0.05, 0.1) is 12.4 Å². The fourth-order valence-electron chi connectivity index (χ4n) is 3.10. The van der Waals surface area contributed by atoms with Crippen LogP contribution in [0.5, 0.6) is 5.75 Å². The van der Waals surface area contributed by atoms with E-state index in [0.717, 1.165) is 28.4 Å². The Morgan fingerprint density at radius 3 is 2.56 bits per heavy atom.